The summed E-state index contributed by atoms with van der Waals surface area (Å²) in [6.45, 7) is 5.67. The molecule has 0 bridgehead atoms. The molecule has 0 aromatic heterocycles. The van der Waals surface area contributed by atoms with Crippen LogP contribution in [0.15, 0.2) is 39.6 Å². The van der Waals surface area contributed by atoms with Crippen LogP contribution >= 0.6 is 11.8 Å². The molecule has 1 aliphatic rings. The quantitative estimate of drug-likeness (QED) is 0.682. The number of aliphatic imine (C=N–C) groups is 1. The average molecular weight is 217 g/mol. The van der Waals surface area contributed by atoms with Crippen molar-refractivity contribution in [3.63, 3.8) is 0 Å². The molecule has 1 aromatic carbocycles. The van der Waals surface area contributed by atoms with Gasteiger partial charge in [-0.05, 0) is 49.1 Å². The van der Waals surface area contributed by atoms with Crippen LogP contribution in [0.1, 0.15) is 30.5 Å². The summed E-state index contributed by atoms with van der Waals surface area (Å²) >= 11 is 1.81. The number of hydrogen-bond donors (Lipinski definition) is 0. The van der Waals surface area contributed by atoms with Crippen LogP contribution in [0.4, 0.5) is 0 Å². The van der Waals surface area contributed by atoms with Gasteiger partial charge in [0, 0.05) is 4.90 Å². The molecule has 0 fully saturated rings. The van der Waals surface area contributed by atoms with Crippen molar-refractivity contribution in [3.8, 4) is 0 Å². The molecular formula is C13H15NS. The number of aryl methyl sites for hydroxylation is 1. The minimum atomic E-state index is 0.197. The molecule has 1 unspecified atom stereocenters. The van der Waals surface area contributed by atoms with Crippen LogP contribution in [0.3, 0.4) is 0 Å². The number of allylic oxidation sites excluding steroid dienone is 1. The van der Waals surface area contributed by atoms with E-state index in [1.54, 1.807) is 0 Å². The van der Waals surface area contributed by atoms with Crippen molar-refractivity contribution in [2.75, 3.05) is 0 Å². The van der Waals surface area contributed by atoms with Crippen molar-refractivity contribution in [1.29, 1.82) is 0 Å². The molecule has 1 nitrogen and oxygen atoms in total. The third-order valence-corrected chi connectivity index (χ3v) is 3.68. The molecule has 0 aliphatic carbocycles. The Morgan fingerprint density at radius 3 is 3.13 bits per heavy atom. The van der Waals surface area contributed by atoms with Gasteiger partial charge in [-0.3, -0.25) is 4.99 Å². The lowest BCUT2D eigenvalue weighted by Gasteiger charge is -2.10. The van der Waals surface area contributed by atoms with Crippen molar-refractivity contribution in [1.82, 2.24) is 0 Å². The number of rotatable bonds is 2. The van der Waals surface area contributed by atoms with Gasteiger partial charge >= 0.3 is 0 Å². The Labute approximate surface area is 95.3 Å². The van der Waals surface area contributed by atoms with Gasteiger partial charge in [0.05, 0.1) is 6.04 Å². The zero-order valence-corrected chi connectivity index (χ0v) is 9.76. The van der Waals surface area contributed by atoms with Crippen LogP contribution in [0.5, 0.6) is 0 Å². The number of benzene rings is 1. The summed E-state index contributed by atoms with van der Waals surface area (Å²) in [6.07, 6.45) is 4.53. The monoisotopic (exact) mass is 217 g/mol. The van der Waals surface area contributed by atoms with Crippen molar-refractivity contribution >= 4 is 18.5 Å². The smallest absolute Gasteiger partial charge is 0.0714 e. The van der Waals surface area contributed by atoms with Gasteiger partial charge < -0.3 is 0 Å². The molecule has 0 N–H and O–H groups in total. The number of hydrogen-bond acceptors (Lipinski definition) is 2. The highest BCUT2D eigenvalue weighted by atomic mass is 32.2. The lowest BCUT2D eigenvalue weighted by molar-refractivity contribution is 0.821. The van der Waals surface area contributed by atoms with E-state index in [1.165, 1.54) is 16.0 Å². The molecule has 2 rings (SSSR count). The first-order valence-electron chi connectivity index (χ1n) is 5.21. The number of thioether (sulfide) groups is 1. The molecule has 0 spiro atoms. The summed E-state index contributed by atoms with van der Waals surface area (Å²) in [6, 6.07) is 6.84. The average Bonchev–Trinajstić information content (AvgIpc) is 2.51. The van der Waals surface area contributed by atoms with Crippen LogP contribution in [-0.2, 0) is 6.42 Å². The van der Waals surface area contributed by atoms with Crippen LogP contribution in [0, 0.1) is 0 Å². The maximum atomic E-state index is 4.05. The van der Waals surface area contributed by atoms with Gasteiger partial charge in [0.15, 0.2) is 0 Å². The van der Waals surface area contributed by atoms with Crippen molar-refractivity contribution in [2.45, 2.75) is 30.7 Å². The molecule has 0 saturated carbocycles. The highest BCUT2D eigenvalue weighted by Crippen LogP contribution is 2.31. The normalized spacial score (nSPS) is 16.6. The standard InChI is InChI=1S/C13H15NS/c1-10(14-2)12-7-6-11-5-3-4-8-15-13(11)9-12/h4,6-10H,2-3,5H2,1H3. The molecule has 15 heavy (non-hydrogen) atoms. The third kappa shape index (κ3) is 2.32. The molecule has 1 atom stereocenters. The van der Waals surface area contributed by atoms with Gasteiger partial charge in [-0.25, -0.2) is 0 Å². The molecule has 1 aromatic rings. The van der Waals surface area contributed by atoms with Gasteiger partial charge in [0.25, 0.3) is 0 Å². The Balaban J connectivity index is 2.35. The topological polar surface area (TPSA) is 12.4 Å². The van der Waals surface area contributed by atoms with E-state index in [1.807, 2.05) is 11.8 Å². The lowest BCUT2D eigenvalue weighted by Crippen LogP contribution is -1.92. The largest absolute Gasteiger partial charge is 0.293 e. The summed E-state index contributed by atoms with van der Waals surface area (Å²) < 4.78 is 0. The van der Waals surface area contributed by atoms with E-state index in [4.69, 9.17) is 0 Å². The summed E-state index contributed by atoms with van der Waals surface area (Å²) in [7, 11) is 0. The zero-order valence-electron chi connectivity index (χ0n) is 8.94. The molecular weight excluding hydrogens is 202 g/mol. The van der Waals surface area contributed by atoms with E-state index in [0.717, 1.165) is 12.8 Å². The first-order valence-corrected chi connectivity index (χ1v) is 6.09. The maximum absolute atomic E-state index is 4.05. The Morgan fingerprint density at radius 1 is 1.47 bits per heavy atom. The van der Waals surface area contributed by atoms with Crippen LogP contribution in [0.2, 0.25) is 0 Å². The number of fused-ring (bicyclic) bond motifs is 1. The van der Waals surface area contributed by atoms with E-state index < -0.39 is 0 Å². The fourth-order valence-corrected chi connectivity index (χ4v) is 2.59. The van der Waals surface area contributed by atoms with Crippen LogP contribution < -0.4 is 0 Å². The van der Waals surface area contributed by atoms with E-state index >= 15 is 0 Å². The molecule has 1 aliphatic heterocycles. The number of nitrogens with zero attached hydrogens (tertiary/aromatic N) is 1. The van der Waals surface area contributed by atoms with Gasteiger partial charge in [-0.2, -0.15) is 0 Å². The fourth-order valence-electron chi connectivity index (χ4n) is 1.68. The van der Waals surface area contributed by atoms with E-state index in [2.05, 4.69) is 48.3 Å². The second-order valence-corrected chi connectivity index (χ2v) is 4.70. The first kappa shape index (κ1) is 10.5. The zero-order chi connectivity index (χ0) is 10.7. The Kier molecular flexibility index (Phi) is 3.27. The minimum Gasteiger partial charge on any atom is -0.293 e. The summed E-state index contributed by atoms with van der Waals surface area (Å²) in [5, 5.41) is 2.18. The highest BCUT2D eigenvalue weighted by molar-refractivity contribution is 8.02. The molecule has 0 saturated heterocycles. The summed E-state index contributed by atoms with van der Waals surface area (Å²) in [5.41, 5.74) is 2.71. The molecule has 78 valence electrons. The predicted molar refractivity (Wildman–Crippen MR) is 67.7 cm³/mol. The first-order chi connectivity index (χ1) is 7.31. The second-order valence-electron chi connectivity index (χ2n) is 3.75. The minimum absolute atomic E-state index is 0.197. The Morgan fingerprint density at radius 2 is 2.33 bits per heavy atom. The van der Waals surface area contributed by atoms with Crippen LogP contribution in [0.25, 0.3) is 0 Å². The summed E-state index contributed by atoms with van der Waals surface area (Å²) in [5.74, 6) is 0. The summed E-state index contributed by atoms with van der Waals surface area (Å²) in [4.78, 5) is 5.43. The van der Waals surface area contributed by atoms with E-state index in [-0.39, 0.29) is 6.04 Å². The lowest BCUT2D eigenvalue weighted by atomic mass is 10.0. The van der Waals surface area contributed by atoms with Crippen molar-refractivity contribution in [3.05, 3.63) is 40.8 Å². The maximum Gasteiger partial charge on any atom is 0.0714 e. The molecule has 0 radical (unpaired) electrons. The van der Waals surface area contributed by atoms with Gasteiger partial charge in [-0.15, -0.1) is 0 Å². The Bertz CT molecular complexity index is 396. The van der Waals surface area contributed by atoms with Gasteiger partial charge in [-0.1, -0.05) is 30.0 Å². The van der Waals surface area contributed by atoms with E-state index in [0.29, 0.717) is 0 Å². The second kappa shape index (κ2) is 4.67. The highest BCUT2D eigenvalue weighted by Gasteiger charge is 2.08. The van der Waals surface area contributed by atoms with E-state index in [9.17, 15) is 0 Å². The van der Waals surface area contributed by atoms with Gasteiger partial charge in [0.1, 0.15) is 0 Å². The fraction of sp³-hybridized carbons (Fsp3) is 0.308. The Hall–Kier alpha value is -1.02. The van der Waals surface area contributed by atoms with Crippen molar-refractivity contribution in [2.24, 2.45) is 4.99 Å². The van der Waals surface area contributed by atoms with Crippen molar-refractivity contribution < 1.29 is 0 Å². The SMILES string of the molecule is C=NC(C)c1ccc2c(c1)SC=CCC2. The van der Waals surface area contributed by atoms with Crippen LogP contribution in [-0.4, -0.2) is 6.72 Å². The molecule has 0 amide bonds. The van der Waals surface area contributed by atoms with Gasteiger partial charge in [0.2, 0.25) is 0 Å². The third-order valence-electron chi connectivity index (χ3n) is 2.72. The predicted octanol–water partition coefficient (Wildman–Crippen LogP) is 4.00. The molecule has 2 heteroatoms. The molecule has 1 heterocycles.